The van der Waals surface area contributed by atoms with Gasteiger partial charge < -0.3 is 14.7 Å². The summed E-state index contributed by atoms with van der Waals surface area (Å²) in [6, 6.07) is 3.93. The second-order valence-electron chi connectivity index (χ2n) is 4.46. The second kappa shape index (κ2) is 6.93. The fourth-order valence-corrected chi connectivity index (χ4v) is 2.33. The highest BCUT2D eigenvalue weighted by Gasteiger charge is 2.31. The molecule has 0 saturated carbocycles. The van der Waals surface area contributed by atoms with Crippen molar-refractivity contribution < 1.29 is 19.4 Å². The Morgan fingerprint density at radius 3 is 2.86 bits per heavy atom. The van der Waals surface area contributed by atoms with E-state index in [1.165, 1.54) is 17.1 Å². The van der Waals surface area contributed by atoms with Crippen molar-refractivity contribution in [1.82, 2.24) is 4.90 Å². The number of hydrogen-bond acceptors (Lipinski definition) is 3. The lowest BCUT2D eigenvalue weighted by molar-refractivity contribution is -0.156. The standard InChI is InChI=1S/C14H13Cl2NO4/c15-10-2-3-11(16)9(7-10)1-4-13(18)17-5-6-21-8-12(17)14(19)20/h1-4,7,12H,5-6,8H2,(H,19,20)/b4-1+. The molecule has 1 atom stereocenters. The maximum atomic E-state index is 12.1. The van der Waals surface area contributed by atoms with E-state index in [4.69, 9.17) is 33.0 Å². The number of benzene rings is 1. The zero-order valence-corrected chi connectivity index (χ0v) is 12.5. The number of amides is 1. The Balaban J connectivity index is 2.14. The van der Waals surface area contributed by atoms with Gasteiger partial charge in [-0.3, -0.25) is 4.79 Å². The minimum absolute atomic E-state index is 0.00711. The largest absolute Gasteiger partial charge is 0.480 e. The summed E-state index contributed by atoms with van der Waals surface area (Å²) in [4.78, 5) is 24.5. The van der Waals surface area contributed by atoms with Crippen molar-refractivity contribution in [3.05, 3.63) is 39.9 Å². The molecule has 1 aliphatic rings. The van der Waals surface area contributed by atoms with Gasteiger partial charge in [0.1, 0.15) is 0 Å². The topological polar surface area (TPSA) is 66.8 Å². The number of aliphatic carboxylic acids is 1. The van der Waals surface area contributed by atoms with Gasteiger partial charge in [0.2, 0.25) is 5.91 Å². The van der Waals surface area contributed by atoms with Crippen LogP contribution in [-0.2, 0) is 14.3 Å². The maximum absolute atomic E-state index is 12.1. The molecule has 2 rings (SSSR count). The summed E-state index contributed by atoms with van der Waals surface area (Å²) in [6.07, 6.45) is 2.81. The first kappa shape index (κ1) is 15.8. The normalized spacial score (nSPS) is 19.0. The van der Waals surface area contributed by atoms with Crippen LogP contribution in [0.15, 0.2) is 24.3 Å². The Morgan fingerprint density at radius 2 is 2.14 bits per heavy atom. The summed E-state index contributed by atoms with van der Waals surface area (Å²) in [5.41, 5.74) is 0.595. The Hall–Kier alpha value is -1.56. The highest BCUT2D eigenvalue weighted by atomic mass is 35.5. The van der Waals surface area contributed by atoms with Gasteiger partial charge in [0.05, 0.1) is 13.2 Å². The number of carboxylic acids is 1. The van der Waals surface area contributed by atoms with Crippen molar-refractivity contribution in [2.75, 3.05) is 19.8 Å². The molecular weight excluding hydrogens is 317 g/mol. The molecule has 112 valence electrons. The lowest BCUT2D eigenvalue weighted by atomic mass is 10.2. The number of ether oxygens (including phenoxy) is 1. The van der Waals surface area contributed by atoms with Gasteiger partial charge in [0.25, 0.3) is 0 Å². The fraction of sp³-hybridized carbons (Fsp3) is 0.286. The van der Waals surface area contributed by atoms with Gasteiger partial charge in [0.15, 0.2) is 6.04 Å². The maximum Gasteiger partial charge on any atom is 0.328 e. The van der Waals surface area contributed by atoms with E-state index in [2.05, 4.69) is 0 Å². The van der Waals surface area contributed by atoms with E-state index in [-0.39, 0.29) is 13.2 Å². The monoisotopic (exact) mass is 329 g/mol. The summed E-state index contributed by atoms with van der Waals surface area (Å²) < 4.78 is 5.08. The smallest absolute Gasteiger partial charge is 0.328 e. The van der Waals surface area contributed by atoms with Gasteiger partial charge in [-0.25, -0.2) is 4.79 Å². The SMILES string of the molecule is O=C(O)C1COCCN1C(=O)/C=C/c1cc(Cl)ccc1Cl. The van der Waals surface area contributed by atoms with Gasteiger partial charge >= 0.3 is 5.97 Å². The van der Waals surface area contributed by atoms with Crippen molar-refractivity contribution in [3.8, 4) is 0 Å². The molecule has 1 aliphatic heterocycles. The number of hydrogen-bond donors (Lipinski definition) is 1. The number of carbonyl (C=O) groups is 2. The van der Waals surface area contributed by atoms with Crippen LogP contribution < -0.4 is 0 Å². The van der Waals surface area contributed by atoms with Crippen molar-refractivity contribution in [2.45, 2.75) is 6.04 Å². The lowest BCUT2D eigenvalue weighted by Gasteiger charge is -2.32. The Kier molecular flexibility index (Phi) is 5.22. The third kappa shape index (κ3) is 3.97. The first-order valence-electron chi connectivity index (χ1n) is 6.23. The molecule has 21 heavy (non-hydrogen) atoms. The molecule has 0 aromatic heterocycles. The van der Waals surface area contributed by atoms with E-state index >= 15 is 0 Å². The molecule has 1 unspecified atom stereocenters. The van der Waals surface area contributed by atoms with Crippen LogP contribution in [0.3, 0.4) is 0 Å². The molecule has 1 fully saturated rings. The van der Waals surface area contributed by atoms with Gasteiger partial charge in [-0.1, -0.05) is 23.2 Å². The summed E-state index contributed by atoms with van der Waals surface area (Å²) in [5, 5.41) is 10.0. The number of carbonyl (C=O) groups excluding carboxylic acids is 1. The average Bonchev–Trinajstić information content (AvgIpc) is 2.47. The Bertz CT molecular complexity index is 588. The van der Waals surface area contributed by atoms with E-state index < -0.39 is 17.9 Å². The highest BCUT2D eigenvalue weighted by molar-refractivity contribution is 6.34. The number of carboxylic acid groups (broad SMARTS) is 1. The van der Waals surface area contributed by atoms with Crippen LogP contribution in [0.25, 0.3) is 6.08 Å². The van der Waals surface area contributed by atoms with Crippen LogP contribution in [0, 0.1) is 0 Å². The lowest BCUT2D eigenvalue weighted by Crippen LogP contribution is -2.52. The third-order valence-electron chi connectivity index (χ3n) is 3.06. The van der Waals surface area contributed by atoms with Gasteiger partial charge in [-0.15, -0.1) is 0 Å². The van der Waals surface area contributed by atoms with E-state index in [1.807, 2.05) is 0 Å². The van der Waals surface area contributed by atoms with Gasteiger partial charge in [-0.2, -0.15) is 0 Å². The molecule has 1 aromatic carbocycles. The molecule has 1 heterocycles. The average molecular weight is 330 g/mol. The van der Waals surface area contributed by atoms with Crippen LogP contribution in [0.4, 0.5) is 0 Å². The Morgan fingerprint density at radius 1 is 1.38 bits per heavy atom. The second-order valence-corrected chi connectivity index (χ2v) is 5.30. The van der Waals surface area contributed by atoms with Gasteiger partial charge in [0, 0.05) is 22.7 Å². The zero-order valence-electron chi connectivity index (χ0n) is 11.0. The van der Waals surface area contributed by atoms with Crippen LogP contribution in [0.1, 0.15) is 5.56 Å². The van der Waals surface area contributed by atoms with Gasteiger partial charge in [-0.05, 0) is 29.8 Å². The van der Waals surface area contributed by atoms with E-state index in [0.717, 1.165) is 0 Å². The summed E-state index contributed by atoms with van der Waals surface area (Å²) in [6.45, 7) is 0.553. The molecule has 7 heteroatoms. The first-order chi connectivity index (χ1) is 9.99. The molecule has 0 spiro atoms. The molecule has 1 aromatic rings. The highest BCUT2D eigenvalue weighted by Crippen LogP contribution is 2.22. The van der Waals surface area contributed by atoms with Crippen LogP contribution in [-0.4, -0.2) is 47.7 Å². The number of rotatable bonds is 3. The molecule has 1 saturated heterocycles. The molecule has 5 nitrogen and oxygen atoms in total. The number of nitrogens with zero attached hydrogens (tertiary/aromatic N) is 1. The first-order valence-corrected chi connectivity index (χ1v) is 6.99. The van der Waals surface area contributed by atoms with Crippen molar-refractivity contribution in [2.24, 2.45) is 0 Å². The molecule has 1 amide bonds. The number of morpholine rings is 1. The van der Waals surface area contributed by atoms with Crippen molar-refractivity contribution in [3.63, 3.8) is 0 Å². The minimum Gasteiger partial charge on any atom is -0.480 e. The van der Waals surface area contributed by atoms with Crippen molar-refractivity contribution in [1.29, 1.82) is 0 Å². The summed E-state index contributed by atoms with van der Waals surface area (Å²) in [5.74, 6) is -1.49. The summed E-state index contributed by atoms with van der Waals surface area (Å²) >= 11 is 11.9. The quantitative estimate of drug-likeness (QED) is 0.864. The van der Waals surface area contributed by atoms with Crippen LogP contribution in [0.2, 0.25) is 10.0 Å². The van der Waals surface area contributed by atoms with Crippen molar-refractivity contribution >= 4 is 41.2 Å². The molecule has 1 N–H and O–H groups in total. The molecule has 0 radical (unpaired) electrons. The molecule has 0 bridgehead atoms. The molecular formula is C14H13Cl2NO4. The predicted molar refractivity (Wildman–Crippen MR) is 79.5 cm³/mol. The van der Waals surface area contributed by atoms with E-state index in [1.54, 1.807) is 18.2 Å². The summed E-state index contributed by atoms with van der Waals surface area (Å²) in [7, 11) is 0. The fourth-order valence-electron chi connectivity index (χ4n) is 1.97. The van der Waals surface area contributed by atoms with Crippen LogP contribution >= 0.6 is 23.2 Å². The third-order valence-corrected chi connectivity index (χ3v) is 3.64. The predicted octanol–water partition coefficient (Wildman–Crippen LogP) is 2.32. The molecule has 0 aliphatic carbocycles. The van der Waals surface area contributed by atoms with E-state index in [9.17, 15) is 9.59 Å². The minimum atomic E-state index is -1.09. The zero-order chi connectivity index (χ0) is 15.4. The number of halogens is 2. The Labute approximate surface area is 131 Å². The van der Waals surface area contributed by atoms with Crippen LogP contribution in [0.5, 0.6) is 0 Å². The van der Waals surface area contributed by atoms with E-state index in [0.29, 0.717) is 22.2 Å².